The normalized spacial score (nSPS) is 35.9. The highest BCUT2D eigenvalue weighted by atomic mass is 16.9. The van der Waals surface area contributed by atoms with Crippen LogP contribution in [0.2, 0.25) is 0 Å². The summed E-state index contributed by atoms with van der Waals surface area (Å²) in [4.78, 5) is 0. The second-order valence-electron chi connectivity index (χ2n) is 10.4. The summed E-state index contributed by atoms with van der Waals surface area (Å²) in [5.74, 6) is -0.160. The average Bonchev–Trinajstić information content (AvgIpc) is 3.39. The van der Waals surface area contributed by atoms with Crippen molar-refractivity contribution in [2.75, 3.05) is 13.2 Å². The van der Waals surface area contributed by atoms with Crippen LogP contribution in [0.4, 0.5) is 0 Å². The van der Waals surface area contributed by atoms with E-state index < -0.39 is 17.9 Å². The Kier molecular flexibility index (Phi) is 6.60. The Morgan fingerprint density at radius 3 is 2.06 bits per heavy atom. The molecule has 0 radical (unpaired) electrons. The molecule has 34 heavy (non-hydrogen) atoms. The number of fused-ring (bicyclic) bond motifs is 3. The third-order valence-corrected chi connectivity index (χ3v) is 7.99. The molecule has 6 rings (SSSR count). The van der Waals surface area contributed by atoms with Crippen LogP contribution in [0.25, 0.3) is 0 Å². The van der Waals surface area contributed by atoms with E-state index in [1.165, 1.54) is 12.8 Å². The van der Waals surface area contributed by atoms with Gasteiger partial charge in [-0.25, -0.2) is 0 Å². The first kappa shape index (κ1) is 23.2. The van der Waals surface area contributed by atoms with Crippen LogP contribution < -0.4 is 4.74 Å². The van der Waals surface area contributed by atoms with Crippen molar-refractivity contribution in [3.05, 3.63) is 29.8 Å². The molecule has 0 aromatic heterocycles. The van der Waals surface area contributed by atoms with Gasteiger partial charge in [0.15, 0.2) is 17.9 Å². The minimum absolute atomic E-state index is 0.183. The predicted octanol–water partition coefficient (Wildman–Crippen LogP) is 4.85. The summed E-state index contributed by atoms with van der Waals surface area (Å²) in [6, 6.07) is 8.04. The maximum Gasteiger partial charge on any atom is 0.190 e. The van der Waals surface area contributed by atoms with E-state index in [1.807, 2.05) is 31.2 Å². The predicted molar refractivity (Wildman–Crippen MR) is 123 cm³/mol. The second-order valence-corrected chi connectivity index (χ2v) is 10.4. The van der Waals surface area contributed by atoms with E-state index in [-0.39, 0.29) is 24.4 Å². The molecule has 0 unspecified atom stereocenters. The molecule has 2 saturated carbocycles. The molecule has 3 heterocycles. The summed E-state index contributed by atoms with van der Waals surface area (Å²) < 4.78 is 44.5. The number of ether oxygens (including phenoxy) is 7. The lowest BCUT2D eigenvalue weighted by atomic mass is 9.94. The summed E-state index contributed by atoms with van der Waals surface area (Å²) in [5, 5.41) is 0. The van der Waals surface area contributed by atoms with Gasteiger partial charge in [-0.2, -0.15) is 0 Å². The highest BCUT2D eigenvalue weighted by Gasteiger charge is 2.63. The Balaban J connectivity index is 1.15. The number of benzene rings is 1. The third-order valence-electron chi connectivity index (χ3n) is 7.99. The molecule has 3 saturated heterocycles. The molecule has 2 aliphatic carbocycles. The van der Waals surface area contributed by atoms with Crippen molar-refractivity contribution in [1.29, 1.82) is 0 Å². The lowest BCUT2D eigenvalue weighted by Crippen LogP contribution is -2.56. The monoisotopic (exact) mass is 474 g/mol. The minimum Gasteiger partial charge on any atom is -0.494 e. The molecule has 7 nitrogen and oxygen atoms in total. The molecule has 5 atom stereocenters. The van der Waals surface area contributed by atoms with Crippen molar-refractivity contribution in [3.8, 4) is 5.75 Å². The molecule has 188 valence electrons. The fraction of sp³-hybridized carbons (Fsp3) is 0.778. The lowest BCUT2D eigenvalue weighted by molar-refractivity contribution is -0.256. The molecule has 7 heteroatoms. The highest BCUT2D eigenvalue weighted by Crippen LogP contribution is 2.50. The summed E-state index contributed by atoms with van der Waals surface area (Å²) >= 11 is 0. The van der Waals surface area contributed by atoms with Crippen LogP contribution in [0, 0.1) is 0 Å². The van der Waals surface area contributed by atoms with Crippen molar-refractivity contribution >= 4 is 0 Å². The summed E-state index contributed by atoms with van der Waals surface area (Å²) in [6.07, 6.45) is 9.40. The molecule has 5 aliphatic rings. The Bertz CT molecular complexity index is 815. The molecule has 5 fully saturated rings. The molecule has 1 aromatic rings. The van der Waals surface area contributed by atoms with Crippen molar-refractivity contribution in [2.24, 2.45) is 0 Å². The van der Waals surface area contributed by atoms with Gasteiger partial charge in [-0.15, -0.1) is 0 Å². The van der Waals surface area contributed by atoms with Gasteiger partial charge in [-0.1, -0.05) is 25.0 Å². The molecule has 0 N–H and O–H groups in total. The number of hydrogen-bond acceptors (Lipinski definition) is 7. The maximum atomic E-state index is 6.70. The second kappa shape index (κ2) is 9.68. The van der Waals surface area contributed by atoms with E-state index in [9.17, 15) is 0 Å². The number of rotatable bonds is 6. The zero-order valence-corrected chi connectivity index (χ0v) is 20.2. The van der Waals surface area contributed by atoms with Gasteiger partial charge in [0, 0.05) is 25.7 Å². The Labute approximate surface area is 202 Å². The topological polar surface area (TPSA) is 64.6 Å². The molecule has 0 amide bonds. The van der Waals surface area contributed by atoms with Gasteiger partial charge in [0.25, 0.3) is 0 Å². The largest absolute Gasteiger partial charge is 0.494 e. The van der Waals surface area contributed by atoms with Crippen molar-refractivity contribution in [3.63, 3.8) is 0 Å². The zero-order chi connectivity index (χ0) is 23.0. The van der Waals surface area contributed by atoms with Crippen LogP contribution in [0.15, 0.2) is 24.3 Å². The van der Waals surface area contributed by atoms with Crippen LogP contribution >= 0.6 is 0 Å². The van der Waals surface area contributed by atoms with Crippen LogP contribution in [-0.4, -0.2) is 55.5 Å². The van der Waals surface area contributed by atoms with Gasteiger partial charge in [0.1, 0.15) is 30.2 Å². The Morgan fingerprint density at radius 2 is 1.38 bits per heavy atom. The summed E-state index contributed by atoms with van der Waals surface area (Å²) in [5.41, 5.74) is 1.10. The van der Waals surface area contributed by atoms with Crippen molar-refractivity contribution in [1.82, 2.24) is 0 Å². The molecule has 1 aromatic carbocycles. The van der Waals surface area contributed by atoms with Crippen LogP contribution in [0.3, 0.4) is 0 Å². The quantitative estimate of drug-likeness (QED) is 0.584. The molecule has 0 bridgehead atoms. The van der Waals surface area contributed by atoms with Crippen molar-refractivity contribution in [2.45, 2.75) is 120 Å². The Hall–Kier alpha value is -1.22. The van der Waals surface area contributed by atoms with E-state index in [2.05, 4.69) is 0 Å². The summed E-state index contributed by atoms with van der Waals surface area (Å²) in [6.45, 7) is 3.58. The van der Waals surface area contributed by atoms with E-state index in [0.29, 0.717) is 19.8 Å². The molecular weight excluding hydrogens is 436 g/mol. The average molecular weight is 475 g/mol. The maximum absolute atomic E-state index is 6.70. The van der Waals surface area contributed by atoms with Crippen LogP contribution in [0.5, 0.6) is 5.75 Å². The molecular formula is C27H38O7. The SMILES string of the molecule is CCOc1ccc(COC[C@@H]2O[C@@H]3OC4(CCCCC4)O[C@H]3[C@H]3OC4(CCCCC4)O[C@@H]32)cc1. The third kappa shape index (κ3) is 4.51. The van der Waals surface area contributed by atoms with E-state index in [1.54, 1.807) is 0 Å². The van der Waals surface area contributed by atoms with Crippen LogP contribution in [0.1, 0.15) is 76.7 Å². The smallest absolute Gasteiger partial charge is 0.190 e. The first-order valence-electron chi connectivity index (χ1n) is 13.3. The minimum atomic E-state index is -0.526. The first-order valence-corrected chi connectivity index (χ1v) is 13.3. The van der Waals surface area contributed by atoms with Gasteiger partial charge in [-0.3, -0.25) is 0 Å². The van der Waals surface area contributed by atoms with Gasteiger partial charge in [-0.05, 0) is 50.3 Å². The van der Waals surface area contributed by atoms with E-state index in [0.717, 1.165) is 62.7 Å². The van der Waals surface area contributed by atoms with E-state index >= 15 is 0 Å². The van der Waals surface area contributed by atoms with Gasteiger partial charge >= 0.3 is 0 Å². The van der Waals surface area contributed by atoms with Gasteiger partial charge in [0.05, 0.1) is 19.8 Å². The molecule has 2 spiro atoms. The van der Waals surface area contributed by atoms with E-state index in [4.69, 9.17) is 33.2 Å². The first-order chi connectivity index (χ1) is 16.7. The van der Waals surface area contributed by atoms with Crippen molar-refractivity contribution < 1.29 is 33.2 Å². The fourth-order valence-electron chi connectivity index (χ4n) is 6.31. The van der Waals surface area contributed by atoms with Gasteiger partial charge < -0.3 is 33.2 Å². The van der Waals surface area contributed by atoms with Crippen LogP contribution in [-0.2, 0) is 35.0 Å². The fourth-order valence-corrected chi connectivity index (χ4v) is 6.31. The number of hydrogen-bond donors (Lipinski definition) is 0. The van der Waals surface area contributed by atoms with Gasteiger partial charge in [0.2, 0.25) is 0 Å². The Morgan fingerprint density at radius 1 is 0.765 bits per heavy atom. The standard InChI is InChI=1S/C27H38O7/c1-2-29-20-11-9-19(10-12-20)17-28-18-21-22-23(32-26(31-22)13-5-3-6-14-26)24-25(30-21)34-27(33-24)15-7-4-8-16-27/h9-12,21-25H,2-8,13-18H2,1H3/t21-,22+,23-,24-,25+/m0/s1. The molecule has 3 aliphatic heterocycles. The highest BCUT2D eigenvalue weighted by molar-refractivity contribution is 5.26. The summed E-state index contributed by atoms with van der Waals surface area (Å²) in [7, 11) is 0. The zero-order valence-electron chi connectivity index (χ0n) is 20.2. The lowest BCUT2D eigenvalue weighted by Gasteiger charge is -2.37.